The predicted octanol–water partition coefficient (Wildman–Crippen LogP) is 6.41. The molecule has 0 unspecified atom stereocenters. The number of benzene rings is 2. The first-order valence-corrected chi connectivity index (χ1v) is 12.5. The molecule has 34 heavy (non-hydrogen) atoms. The van der Waals surface area contributed by atoms with Crippen molar-refractivity contribution in [2.45, 2.75) is 13.8 Å². The maximum Gasteiger partial charge on any atom is 0.273 e. The molecular weight excluding hydrogens is 515 g/mol. The van der Waals surface area contributed by atoms with Gasteiger partial charge in [0.2, 0.25) is 0 Å². The number of rotatable bonds is 8. The first-order valence-electron chi connectivity index (χ1n) is 10.6. The Labute approximate surface area is 218 Å². The Morgan fingerprint density at radius 1 is 0.941 bits per heavy atom. The van der Waals surface area contributed by atoms with Crippen LogP contribution in [0.1, 0.15) is 32.6 Å². The van der Waals surface area contributed by atoms with Crippen LogP contribution in [0.25, 0.3) is 0 Å². The van der Waals surface area contributed by atoms with Gasteiger partial charge in [0.05, 0.1) is 16.3 Å². The number of likely N-dealkylation sites (N-methyl/N-ethyl adjacent to an activating group) is 2. The van der Waals surface area contributed by atoms with E-state index in [1.165, 1.54) is 22.3 Å². The fraction of sp³-hybridized carbons (Fsp3) is 0.292. The average molecular weight is 540 g/mol. The van der Waals surface area contributed by atoms with Crippen LogP contribution in [0.5, 0.6) is 0 Å². The molecule has 0 radical (unpaired) electrons. The minimum absolute atomic E-state index is 0.169. The standard InChI is InChI=1S/C24H25Cl3N4O2S/c1-5-30(13-12-29(3)4)23(33)21-15(2)34-24(28-21)31(18-9-6-16(25)7-10-18)22(32)19-11-8-17(26)14-20(19)27/h6-11,14H,5,12-13H2,1-4H3. The second kappa shape index (κ2) is 11.5. The van der Waals surface area contributed by atoms with Gasteiger partial charge >= 0.3 is 0 Å². The maximum absolute atomic E-state index is 13.7. The molecule has 0 fully saturated rings. The van der Waals surface area contributed by atoms with Crippen LogP contribution in [0, 0.1) is 6.92 Å². The molecular formula is C24H25Cl3N4O2S. The van der Waals surface area contributed by atoms with E-state index in [1.54, 1.807) is 41.3 Å². The molecule has 0 saturated heterocycles. The van der Waals surface area contributed by atoms with E-state index in [2.05, 4.69) is 4.98 Å². The number of hydrogen-bond donors (Lipinski definition) is 0. The van der Waals surface area contributed by atoms with Crippen molar-refractivity contribution in [3.63, 3.8) is 0 Å². The van der Waals surface area contributed by atoms with Gasteiger partial charge < -0.3 is 9.80 Å². The van der Waals surface area contributed by atoms with Gasteiger partial charge in [0.25, 0.3) is 11.8 Å². The first-order chi connectivity index (χ1) is 16.1. The van der Waals surface area contributed by atoms with Crippen molar-refractivity contribution in [2.75, 3.05) is 38.6 Å². The molecule has 180 valence electrons. The Balaban J connectivity index is 2.04. The molecule has 0 N–H and O–H groups in total. The SMILES string of the molecule is CCN(CCN(C)C)C(=O)c1nc(N(C(=O)c2ccc(Cl)cc2Cl)c2ccc(Cl)cc2)sc1C. The number of nitrogens with zero attached hydrogens (tertiary/aromatic N) is 4. The van der Waals surface area contributed by atoms with Crippen molar-refractivity contribution in [3.8, 4) is 0 Å². The molecule has 10 heteroatoms. The van der Waals surface area contributed by atoms with Crippen molar-refractivity contribution < 1.29 is 9.59 Å². The zero-order valence-corrected chi connectivity index (χ0v) is 22.4. The summed E-state index contributed by atoms with van der Waals surface area (Å²) >= 11 is 19.7. The summed E-state index contributed by atoms with van der Waals surface area (Å²) < 4.78 is 0. The van der Waals surface area contributed by atoms with E-state index in [4.69, 9.17) is 34.8 Å². The van der Waals surface area contributed by atoms with Gasteiger partial charge in [-0.15, -0.1) is 11.3 Å². The summed E-state index contributed by atoms with van der Waals surface area (Å²) in [5, 5.41) is 1.55. The topological polar surface area (TPSA) is 56.8 Å². The van der Waals surface area contributed by atoms with Crippen molar-refractivity contribution in [1.82, 2.24) is 14.8 Å². The smallest absolute Gasteiger partial charge is 0.273 e. The van der Waals surface area contributed by atoms with Crippen LogP contribution in [0.4, 0.5) is 10.8 Å². The Bertz CT molecular complexity index is 1180. The quantitative estimate of drug-likeness (QED) is 0.332. The summed E-state index contributed by atoms with van der Waals surface area (Å²) in [5.41, 5.74) is 1.14. The van der Waals surface area contributed by atoms with Crippen LogP contribution < -0.4 is 4.90 Å². The number of carbonyl (C=O) groups is 2. The third kappa shape index (κ3) is 6.09. The van der Waals surface area contributed by atoms with Crippen molar-refractivity contribution in [3.05, 3.63) is 73.7 Å². The lowest BCUT2D eigenvalue weighted by atomic mass is 10.2. The average Bonchev–Trinajstić information content (AvgIpc) is 3.16. The fourth-order valence-corrected chi connectivity index (χ4v) is 4.77. The number of anilines is 2. The first kappa shape index (κ1) is 26.4. The molecule has 0 saturated carbocycles. The molecule has 1 aromatic heterocycles. The molecule has 3 rings (SSSR count). The third-order valence-electron chi connectivity index (χ3n) is 5.11. The summed E-state index contributed by atoms with van der Waals surface area (Å²) in [4.78, 5) is 37.4. The van der Waals surface area contributed by atoms with Gasteiger partial charge in [0.15, 0.2) is 5.13 Å². The Hall–Kier alpha value is -2.16. The number of amides is 2. The third-order valence-corrected chi connectivity index (χ3v) is 6.87. The molecule has 0 bridgehead atoms. The molecule has 0 atom stereocenters. The molecule has 0 aliphatic rings. The fourth-order valence-electron chi connectivity index (χ4n) is 3.24. The van der Waals surface area contributed by atoms with E-state index >= 15 is 0 Å². The zero-order valence-electron chi connectivity index (χ0n) is 19.3. The lowest BCUT2D eigenvalue weighted by Gasteiger charge is -2.22. The van der Waals surface area contributed by atoms with Gasteiger partial charge in [0.1, 0.15) is 5.69 Å². The highest BCUT2D eigenvalue weighted by Gasteiger charge is 2.28. The molecule has 0 aliphatic heterocycles. The minimum Gasteiger partial charge on any atom is -0.336 e. The summed E-state index contributed by atoms with van der Waals surface area (Å²) in [5.74, 6) is -0.561. The van der Waals surface area contributed by atoms with Crippen LogP contribution >= 0.6 is 46.1 Å². The van der Waals surface area contributed by atoms with Crippen LogP contribution in [0.3, 0.4) is 0 Å². The number of carbonyl (C=O) groups excluding carboxylic acids is 2. The van der Waals surface area contributed by atoms with Gasteiger partial charge in [-0.2, -0.15) is 0 Å². The Kier molecular flexibility index (Phi) is 8.95. The van der Waals surface area contributed by atoms with Gasteiger partial charge in [-0.05, 0) is 70.4 Å². The largest absolute Gasteiger partial charge is 0.336 e. The maximum atomic E-state index is 13.7. The van der Waals surface area contributed by atoms with E-state index < -0.39 is 5.91 Å². The van der Waals surface area contributed by atoms with Gasteiger partial charge in [0, 0.05) is 34.6 Å². The highest BCUT2D eigenvalue weighted by atomic mass is 35.5. The van der Waals surface area contributed by atoms with Crippen molar-refractivity contribution in [1.29, 1.82) is 0 Å². The summed E-state index contributed by atoms with van der Waals surface area (Å²) in [6, 6.07) is 11.5. The Morgan fingerprint density at radius 3 is 2.18 bits per heavy atom. The molecule has 3 aromatic rings. The monoisotopic (exact) mass is 538 g/mol. The number of halogens is 3. The summed E-state index contributed by atoms with van der Waals surface area (Å²) in [6.07, 6.45) is 0. The second-order valence-corrected chi connectivity index (χ2v) is 10.3. The Morgan fingerprint density at radius 2 is 1.59 bits per heavy atom. The summed E-state index contributed by atoms with van der Waals surface area (Å²) in [7, 11) is 3.92. The highest BCUT2D eigenvalue weighted by molar-refractivity contribution is 7.16. The van der Waals surface area contributed by atoms with Gasteiger partial charge in [-0.25, -0.2) is 4.98 Å². The lowest BCUT2D eigenvalue weighted by molar-refractivity contribution is 0.0748. The zero-order chi connectivity index (χ0) is 25.0. The number of hydrogen-bond acceptors (Lipinski definition) is 5. The van der Waals surface area contributed by atoms with E-state index in [1.807, 2.05) is 32.8 Å². The minimum atomic E-state index is -0.392. The molecule has 2 amide bonds. The molecule has 6 nitrogen and oxygen atoms in total. The van der Waals surface area contributed by atoms with Crippen molar-refractivity contribution >= 4 is 68.8 Å². The van der Waals surface area contributed by atoms with E-state index in [9.17, 15) is 9.59 Å². The van der Waals surface area contributed by atoms with Crippen LogP contribution in [0.15, 0.2) is 42.5 Å². The second-order valence-electron chi connectivity index (χ2n) is 7.83. The normalized spacial score (nSPS) is 11.1. The van der Waals surface area contributed by atoms with Gasteiger partial charge in [-0.1, -0.05) is 34.8 Å². The molecule has 0 aliphatic carbocycles. The summed E-state index contributed by atoms with van der Waals surface area (Å²) in [6.45, 7) is 5.63. The van der Waals surface area contributed by atoms with E-state index in [0.29, 0.717) is 39.6 Å². The van der Waals surface area contributed by atoms with Crippen LogP contribution in [-0.2, 0) is 0 Å². The predicted molar refractivity (Wildman–Crippen MR) is 141 cm³/mol. The van der Waals surface area contributed by atoms with Crippen molar-refractivity contribution in [2.24, 2.45) is 0 Å². The lowest BCUT2D eigenvalue weighted by Crippen LogP contribution is -2.37. The van der Waals surface area contributed by atoms with Gasteiger partial charge in [-0.3, -0.25) is 14.5 Å². The van der Waals surface area contributed by atoms with E-state index in [-0.39, 0.29) is 16.5 Å². The van der Waals surface area contributed by atoms with Crippen LogP contribution in [-0.4, -0.2) is 60.3 Å². The van der Waals surface area contributed by atoms with Crippen LogP contribution in [0.2, 0.25) is 15.1 Å². The number of thiazole rings is 1. The molecule has 0 spiro atoms. The number of aromatic nitrogens is 1. The highest BCUT2D eigenvalue weighted by Crippen LogP contribution is 2.35. The van der Waals surface area contributed by atoms with E-state index in [0.717, 1.165) is 11.4 Å². The molecule has 2 aromatic carbocycles. The molecule has 1 heterocycles. The number of aryl methyl sites for hydroxylation is 1.